The van der Waals surface area contributed by atoms with Crippen molar-refractivity contribution in [2.75, 3.05) is 18.9 Å². The first-order valence-corrected chi connectivity index (χ1v) is 12.7. The molecule has 14 nitrogen and oxygen atoms in total. The van der Waals surface area contributed by atoms with Crippen molar-refractivity contribution in [3.8, 4) is 5.75 Å². The van der Waals surface area contributed by atoms with Gasteiger partial charge in [0.15, 0.2) is 11.2 Å². The molecular formula is C21H27N6O8P. The number of aromatic amines is 1. The first-order chi connectivity index (χ1) is 17.1. The quantitative estimate of drug-likeness (QED) is 0.219. The lowest BCUT2D eigenvalue weighted by molar-refractivity contribution is -0.146. The van der Waals surface area contributed by atoms with Gasteiger partial charge in [-0.1, -0.05) is 18.2 Å². The smallest absolute Gasteiger partial charge is 0.459 e. The number of nitrogens with zero attached hydrogens (tertiary/aromatic N) is 3. The van der Waals surface area contributed by atoms with E-state index in [4.69, 9.17) is 24.3 Å². The van der Waals surface area contributed by atoms with Crippen molar-refractivity contribution >= 4 is 30.8 Å². The molecule has 5 N–H and O–H groups in total. The Morgan fingerprint density at radius 3 is 2.86 bits per heavy atom. The number of imidazole rings is 1. The van der Waals surface area contributed by atoms with E-state index in [0.717, 1.165) is 0 Å². The highest BCUT2D eigenvalue weighted by molar-refractivity contribution is 7.52. The van der Waals surface area contributed by atoms with E-state index in [-0.39, 0.29) is 42.0 Å². The normalized spacial score (nSPS) is 21.5. The summed E-state index contributed by atoms with van der Waals surface area (Å²) in [6, 6.07) is 8.27. The molecule has 15 heteroatoms. The van der Waals surface area contributed by atoms with Crippen LogP contribution in [-0.4, -0.2) is 62.1 Å². The van der Waals surface area contributed by atoms with E-state index < -0.39 is 44.3 Å². The lowest BCUT2D eigenvalue weighted by Crippen LogP contribution is -2.30. The standard InChI is InChI=1S/C21H27N6O8P/c1-12(2)33-17(29)9-24-36(31,35-13-6-4-3-5-7-13)32-10-15-14(28)8-16(34-15)27-11-23-18-19(27)25-21(22)26-20(18)30/h3-7,11-12,14-16,28H,8-10H2,1-2H3,(H,24,31)(H3,22,25,26,30)/t14-,15?,16-,36?/m1/s1. The van der Waals surface area contributed by atoms with E-state index in [2.05, 4.69) is 20.0 Å². The third kappa shape index (κ3) is 6.09. The number of aliphatic hydroxyl groups excluding tert-OH is 1. The molecular weight excluding hydrogens is 495 g/mol. The van der Waals surface area contributed by atoms with E-state index >= 15 is 0 Å². The van der Waals surface area contributed by atoms with Gasteiger partial charge in [0.05, 0.1) is 25.1 Å². The van der Waals surface area contributed by atoms with Crippen LogP contribution in [0.15, 0.2) is 41.5 Å². The van der Waals surface area contributed by atoms with Gasteiger partial charge >= 0.3 is 13.7 Å². The van der Waals surface area contributed by atoms with Gasteiger partial charge in [-0.2, -0.15) is 4.98 Å². The number of carbonyl (C=O) groups excluding carboxylic acids is 1. The average molecular weight is 522 g/mol. The van der Waals surface area contributed by atoms with Crippen LogP contribution in [0.4, 0.5) is 5.95 Å². The fraction of sp³-hybridized carbons (Fsp3) is 0.429. The van der Waals surface area contributed by atoms with Crippen molar-refractivity contribution in [3.63, 3.8) is 0 Å². The Bertz CT molecular complexity index is 1310. The molecule has 3 heterocycles. The summed E-state index contributed by atoms with van der Waals surface area (Å²) in [5.41, 5.74) is 5.40. The van der Waals surface area contributed by atoms with Crippen molar-refractivity contribution in [1.82, 2.24) is 24.6 Å². The number of nitrogens with one attached hydrogen (secondary N) is 2. The Kier molecular flexibility index (Phi) is 7.71. The summed E-state index contributed by atoms with van der Waals surface area (Å²) in [5, 5.41) is 13.1. The van der Waals surface area contributed by atoms with Gasteiger partial charge in [-0.05, 0) is 26.0 Å². The molecule has 0 radical (unpaired) electrons. The van der Waals surface area contributed by atoms with Gasteiger partial charge in [0.1, 0.15) is 24.6 Å². The number of rotatable bonds is 10. The molecule has 1 aliphatic rings. The van der Waals surface area contributed by atoms with Crippen LogP contribution >= 0.6 is 7.75 Å². The average Bonchev–Trinajstić information content (AvgIpc) is 3.40. The molecule has 0 saturated carbocycles. The van der Waals surface area contributed by atoms with E-state index in [0.29, 0.717) is 0 Å². The molecule has 0 spiro atoms. The number of fused-ring (bicyclic) bond motifs is 1. The number of nitrogen functional groups attached to an aromatic ring is 1. The zero-order valence-corrected chi connectivity index (χ0v) is 20.5. The third-order valence-electron chi connectivity index (χ3n) is 5.13. The van der Waals surface area contributed by atoms with Crippen molar-refractivity contribution in [2.24, 2.45) is 0 Å². The highest BCUT2D eigenvalue weighted by Crippen LogP contribution is 2.45. The summed E-state index contributed by atoms with van der Waals surface area (Å²) in [5.74, 6) is -0.486. The number of hydrogen-bond acceptors (Lipinski definition) is 11. The Morgan fingerprint density at radius 1 is 1.39 bits per heavy atom. The SMILES string of the molecule is CC(C)OC(=O)CNP(=O)(OCC1O[C@@H](n2cnc3c(=O)[nH]c(N)nc32)C[C@H]1O)Oc1ccccc1. The van der Waals surface area contributed by atoms with Gasteiger partial charge in [0.2, 0.25) is 5.95 Å². The summed E-state index contributed by atoms with van der Waals surface area (Å²) in [7, 11) is -4.08. The number of hydrogen-bond donors (Lipinski definition) is 4. The number of aromatic nitrogens is 4. The van der Waals surface area contributed by atoms with Gasteiger partial charge in [0.25, 0.3) is 5.56 Å². The van der Waals surface area contributed by atoms with Gasteiger partial charge in [-0.15, -0.1) is 0 Å². The minimum atomic E-state index is -4.08. The van der Waals surface area contributed by atoms with Crippen LogP contribution in [0.5, 0.6) is 5.75 Å². The van der Waals surface area contributed by atoms with Crippen LogP contribution in [0.2, 0.25) is 0 Å². The highest BCUT2D eigenvalue weighted by atomic mass is 31.2. The van der Waals surface area contributed by atoms with Gasteiger partial charge < -0.3 is 24.8 Å². The topological polar surface area (TPSA) is 193 Å². The first kappa shape index (κ1) is 25.8. The number of aliphatic hydroxyl groups is 1. The Balaban J connectivity index is 1.45. The maximum Gasteiger partial charge on any atom is 0.459 e. The Labute approximate surface area is 205 Å². The van der Waals surface area contributed by atoms with Crippen LogP contribution in [-0.2, 0) is 23.4 Å². The maximum absolute atomic E-state index is 13.4. The minimum Gasteiger partial charge on any atom is -0.462 e. The number of nitrogens with two attached hydrogens (primary N) is 1. The van der Waals surface area contributed by atoms with E-state index in [1.807, 2.05) is 0 Å². The highest BCUT2D eigenvalue weighted by Gasteiger charge is 2.39. The lowest BCUT2D eigenvalue weighted by Gasteiger charge is -2.22. The number of anilines is 1. The molecule has 0 aliphatic carbocycles. The lowest BCUT2D eigenvalue weighted by atomic mass is 10.2. The molecule has 194 valence electrons. The van der Waals surface area contributed by atoms with E-state index in [1.54, 1.807) is 44.2 Å². The van der Waals surface area contributed by atoms with Crippen molar-refractivity contribution in [2.45, 2.75) is 44.8 Å². The number of benzene rings is 1. The fourth-order valence-electron chi connectivity index (χ4n) is 3.55. The number of carbonyl (C=O) groups is 1. The molecule has 4 rings (SSSR count). The second-order valence-corrected chi connectivity index (χ2v) is 10.0. The largest absolute Gasteiger partial charge is 0.462 e. The maximum atomic E-state index is 13.4. The van der Waals surface area contributed by atoms with Gasteiger partial charge in [-0.25, -0.2) is 14.6 Å². The first-order valence-electron chi connectivity index (χ1n) is 11.1. The second-order valence-electron chi connectivity index (χ2n) is 8.28. The van der Waals surface area contributed by atoms with Gasteiger partial charge in [0, 0.05) is 6.42 Å². The molecule has 1 fully saturated rings. The van der Waals surface area contributed by atoms with Crippen LogP contribution in [0.3, 0.4) is 0 Å². The zero-order valence-electron chi connectivity index (χ0n) is 19.6. The molecule has 1 aliphatic heterocycles. The number of H-pyrrole nitrogens is 1. The monoisotopic (exact) mass is 522 g/mol. The summed E-state index contributed by atoms with van der Waals surface area (Å²) in [6.07, 6.45) is -1.54. The molecule has 2 aromatic heterocycles. The van der Waals surface area contributed by atoms with Crippen molar-refractivity contribution in [3.05, 3.63) is 47.0 Å². The zero-order chi connectivity index (χ0) is 25.9. The predicted molar refractivity (Wildman–Crippen MR) is 127 cm³/mol. The molecule has 1 aromatic carbocycles. The van der Waals surface area contributed by atoms with Crippen LogP contribution in [0, 0.1) is 0 Å². The molecule has 1 saturated heterocycles. The third-order valence-corrected chi connectivity index (χ3v) is 6.61. The molecule has 4 atom stereocenters. The van der Waals surface area contributed by atoms with E-state index in [1.165, 1.54) is 10.9 Å². The summed E-state index contributed by atoms with van der Waals surface area (Å²) in [4.78, 5) is 34.5. The molecule has 2 unspecified atom stereocenters. The Hall–Kier alpha value is -3.29. The number of ether oxygens (including phenoxy) is 2. The molecule has 36 heavy (non-hydrogen) atoms. The summed E-state index contributed by atoms with van der Waals surface area (Å²) >= 11 is 0. The van der Waals surface area contributed by atoms with Gasteiger partial charge in [-0.3, -0.25) is 23.7 Å². The summed E-state index contributed by atoms with van der Waals surface area (Å²) in [6.45, 7) is 2.61. The fourth-order valence-corrected chi connectivity index (χ4v) is 4.83. The molecule has 0 bridgehead atoms. The van der Waals surface area contributed by atoms with Crippen LogP contribution in [0.25, 0.3) is 11.2 Å². The Morgan fingerprint density at radius 2 is 2.14 bits per heavy atom. The van der Waals surface area contributed by atoms with Crippen LogP contribution < -0.4 is 20.9 Å². The summed E-state index contributed by atoms with van der Waals surface area (Å²) < 4.78 is 36.9. The van der Waals surface area contributed by atoms with E-state index in [9.17, 15) is 19.3 Å². The second kappa shape index (κ2) is 10.8. The van der Waals surface area contributed by atoms with Crippen molar-refractivity contribution < 1.29 is 33.0 Å². The van der Waals surface area contributed by atoms with Crippen LogP contribution in [0.1, 0.15) is 26.5 Å². The molecule has 3 aromatic rings. The minimum absolute atomic E-state index is 0.0697. The molecule has 0 amide bonds. The predicted octanol–water partition coefficient (Wildman–Crippen LogP) is 1.10. The van der Waals surface area contributed by atoms with Crippen molar-refractivity contribution in [1.29, 1.82) is 0 Å². The number of para-hydroxylation sites is 1. The number of esters is 1.